The fraction of sp³-hybridized carbons (Fsp3) is 1.00. The normalized spacial score (nSPS) is 30.7. The van der Waals surface area contributed by atoms with Crippen LogP contribution in [0.3, 0.4) is 0 Å². The van der Waals surface area contributed by atoms with Gasteiger partial charge in [-0.2, -0.15) is 0 Å². The minimum Gasteiger partial charge on any atom is -0.316 e. The van der Waals surface area contributed by atoms with Crippen LogP contribution in [-0.4, -0.2) is 13.1 Å². The Hall–Kier alpha value is -0.0400. The molecule has 0 aromatic rings. The van der Waals surface area contributed by atoms with Crippen LogP contribution in [0.15, 0.2) is 0 Å². The lowest BCUT2D eigenvalue weighted by Gasteiger charge is -2.33. The summed E-state index contributed by atoms with van der Waals surface area (Å²) in [6.45, 7) is 11.6. The van der Waals surface area contributed by atoms with Crippen molar-refractivity contribution in [2.45, 2.75) is 27.7 Å². The van der Waals surface area contributed by atoms with Gasteiger partial charge in [0.2, 0.25) is 0 Å². The average Bonchev–Trinajstić information content (AvgIpc) is 1.81. The second-order valence-electron chi connectivity index (χ2n) is 4.37. The highest BCUT2D eigenvalue weighted by Crippen LogP contribution is 2.40. The summed E-state index contributed by atoms with van der Waals surface area (Å²) in [5.41, 5.74) is 0.958. The third-order valence-corrected chi connectivity index (χ3v) is 2.97. The Kier molecular flexibility index (Phi) is 1.35. The zero-order valence-electron chi connectivity index (χ0n) is 6.91. The molecule has 0 spiro atoms. The molecule has 1 aliphatic heterocycles. The van der Waals surface area contributed by atoms with Crippen LogP contribution < -0.4 is 5.32 Å². The number of hydrogen-bond donors (Lipinski definition) is 1. The van der Waals surface area contributed by atoms with Crippen molar-refractivity contribution in [1.29, 1.82) is 0 Å². The number of nitrogens with one attached hydrogen (secondary N) is 1. The van der Waals surface area contributed by atoms with E-state index < -0.39 is 0 Å². The molecule has 54 valence electrons. The van der Waals surface area contributed by atoms with E-state index in [1.165, 1.54) is 13.1 Å². The van der Waals surface area contributed by atoms with Crippen LogP contribution in [-0.2, 0) is 0 Å². The number of rotatable bonds is 0. The van der Waals surface area contributed by atoms with Crippen LogP contribution >= 0.6 is 0 Å². The molecular formula is C8H17N. The smallest absolute Gasteiger partial charge is 0.000834 e. The van der Waals surface area contributed by atoms with Crippen molar-refractivity contribution >= 4 is 0 Å². The monoisotopic (exact) mass is 127 g/mol. The zero-order valence-corrected chi connectivity index (χ0v) is 6.91. The number of hydrogen-bond acceptors (Lipinski definition) is 1. The van der Waals surface area contributed by atoms with Gasteiger partial charge in [0.1, 0.15) is 0 Å². The predicted molar refractivity (Wildman–Crippen MR) is 40.4 cm³/mol. The average molecular weight is 127 g/mol. The Labute approximate surface area is 57.8 Å². The zero-order chi connectivity index (χ0) is 7.12. The first-order chi connectivity index (χ1) is 3.96. The minimum absolute atomic E-state index is 0.479. The van der Waals surface area contributed by atoms with Gasteiger partial charge >= 0.3 is 0 Å². The summed E-state index contributed by atoms with van der Waals surface area (Å²) in [6.07, 6.45) is 0. The second-order valence-corrected chi connectivity index (χ2v) is 4.37. The summed E-state index contributed by atoms with van der Waals surface area (Å²) >= 11 is 0. The molecule has 9 heavy (non-hydrogen) atoms. The third kappa shape index (κ3) is 0.983. The van der Waals surface area contributed by atoms with Crippen LogP contribution in [0.2, 0.25) is 0 Å². The fourth-order valence-corrected chi connectivity index (χ4v) is 1.17. The molecule has 0 saturated carbocycles. The quantitative estimate of drug-likeness (QED) is 0.521. The van der Waals surface area contributed by atoms with Crippen LogP contribution in [0.4, 0.5) is 0 Å². The molecule has 1 heterocycles. The van der Waals surface area contributed by atoms with E-state index in [0.717, 1.165) is 0 Å². The van der Waals surface area contributed by atoms with Gasteiger partial charge in [0, 0.05) is 13.1 Å². The molecule has 0 radical (unpaired) electrons. The molecule has 1 nitrogen and oxygen atoms in total. The summed E-state index contributed by atoms with van der Waals surface area (Å²) in [4.78, 5) is 0. The maximum Gasteiger partial charge on any atom is 0.000834 e. The Bertz CT molecular complexity index is 99.7. The lowest BCUT2D eigenvalue weighted by molar-refractivity contribution is 0.184. The van der Waals surface area contributed by atoms with Gasteiger partial charge < -0.3 is 5.32 Å². The molecule has 1 heteroatoms. The van der Waals surface area contributed by atoms with E-state index >= 15 is 0 Å². The lowest BCUT2D eigenvalue weighted by Crippen LogP contribution is -2.30. The summed E-state index contributed by atoms with van der Waals surface area (Å²) in [5, 5.41) is 3.40. The van der Waals surface area contributed by atoms with Gasteiger partial charge in [0.15, 0.2) is 0 Å². The first-order valence-electron chi connectivity index (χ1n) is 3.66. The molecule has 0 amide bonds. The van der Waals surface area contributed by atoms with E-state index in [4.69, 9.17) is 0 Å². The molecular weight excluding hydrogens is 110 g/mol. The highest BCUT2D eigenvalue weighted by molar-refractivity contribution is 4.94. The molecule has 1 fully saturated rings. The Morgan fingerprint density at radius 2 is 1.22 bits per heavy atom. The molecule has 1 rings (SSSR count). The largest absolute Gasteiger partial charge is 0.316 e. The molecule has 0 atom stereocenters. The minimum atomic E-state index is 0.479. The summed E-state index contributed by atoms with van der Waals surface area (Å²) < 4.78 is 0. The van der Waals surface area contributed by atoms with E-state index in [1.807, 2.05) is 0 Å². The van der Waals surface area contributed by atoms with Crippen molar-refractivity contribution in [3.8, 4) is 0 Å². The second kappa shape index (κ2) is 1.72. The van der Waals surface area contributed by atoms with E-state index in [0.29, 0.717) is 10.8 Å². The fourth-order valence-electron chi connectivity index (χ4n) is 1.17. The Morgan fingerprint density at radius 3 is 1.33 bits per heavy atom. The Morgan fingerprint density at radius 1 is 0.889 bits per heavy atom. The summed E-state index contributed by atoms with van der Waals surface area (Å²) in [5.74, 6) is 0. The van der Waals surface area contributed by atoms with Gasteiger partial charge in [0.25, 0.3) is 0 Å². The van der Waals surface area contributed by atoms with E-state index in [2.05, 4.69) is 33.0 Å². The molecule has 0 unspecified atom stereocenters. The molecule has 0 aliphatic carbocycles. The van der Waals surface area contributed by atoms with Gasteiger partial charge in [-0.15, -0.1) is 0 Å². The van der Waals surface area contributed by atoms with E-state index in [-0.39, 0.29) is 0 Å². The lowest BCUT2D eigenvalue weighted by atomic mass is 9.71. The first-order valence-corrected chi connectivity index (χ1v) is 3.66. The highest BCUT2D eigenvalue weighted by Gasteiger charge is 2.40. The van der Waals surface area contributed by atoms with Gasteiger partial charge in [-0.05, 0) is 10.8 Å². The molecule has 0 aromatic heterocycles. The van der Waals surface area contributed by atoms with Crippen molar-refractivity contribution in [2.75, 3.05) is 13.1 Å². The van der Waals surface area contributed by atoms with Crippen molar-refractivity contribution in [2.24, 2.45) is 10.8 Å². The van der Waals surface area contributed by atoms with Crippen molar-refractivity contribution in [1.82, 2.24) is 5.32 Å². The highest BCUT2D eigenvalue weighted by atomic mass is 14.9. The predicted octanol–water partition coefficient (Wildman–Crippen LogP) is 1.64. The van der Waals surface area contributed by atoms with E-state index in [1.54, 1.807) is 0 Å². The van der Waals surface area contributed by atoms with Gasteiger partial charge in [-0.25, -0.2) is 0 Å². The topological polar surface area (TPSA) is 12.0 Å². The first kappa shape index (κ1) is 7.07. The van der Waals surface area contributed by atoms with Gasteiger partial charge in [-0.1, -0.05) is 27.7 Å². The summed E-state index contributed by atoms with van der Waals surface area (Å²) in [7, 11) is 0. The molecule has 0 bridgehead atoms. The van der Waals surface area contributed by atoms with Crippen LogP contribution in [0.5, 0.6) is 0 Å². The standard InChI is InChI=1S/C8H17N/c1-7(2)5-9-6-8(7,3)4/h9H,5-6H2,1-4H3. The van der Waals surface area contributed by atoms with Crippen LogP contribution in [0.1, 0.15) is 27.7 Å². The van der Waals surface area contributed by atoms with Crippen molar-refractivity contribution < 1.29 is 0 Å². The van der Waals surface area contributed by atoms with Crippen LogP contribution in [0, 0.1) is 10.8 Å². The van der Waals surface area contributed by atoms with Gasteiger partial charge in [0.05, 0.1) is 0 Å². The van der Waals surface area contributed by atoms with Gasteiger partial charge in [-0.3, -0.25) is 0 Å². The maximum atomic E-state index is 3.40. The molecule has 1 aliphatic rings. The Balaban J connectivity index is 2.75. The van der Waals surface area contributed by atoms with E-state index in [9.17, 15) is 0 Å². The SMILES string of the molecule is CC1(C)CNCC1(C)C. The molecule has 1 N–H and O–H groups in total. The van der Waals surface area contributed by atoms with Crippen molar-refractivity contribution in [3.05, 3.63) is 0 Å². The maximum absolute atomic E-state index is 3.40. The molecule has 0 aromatic carbocycles. The third-order valence-electron chi connectivity index (χ3n) is 2.97. The van der Waals surface area contributed by atoms with Crippen LogP contribution in [0.25, 0.3) is 0 Å². The van der Waals surface area contributed by atoms with Crippen molar-refractivity contribution in [3.63, 3.8) is 0 Å². The molecule has 1 saturated heterocycles. The summed E-state index contributed by atoms with van der Waals surface area (Å²) in [6, 6.07) is 0.